The normalized spacial score (nSPS) is 11.8. The highest BCUT2D eigenvalue weighted by Crippen LogP contribution is 2.09. The van der Waals surface area contributed by atoms with Crippen molar-refractivity contribution in [3.63, 3.8) is 0 Å². The van der Waals surface area contributed by atoms with E-state index in [1.165, 1.54) is 0 Å². The summed E-state index contributed by atoms with van der Waals surface area (Å²) in [5, 5.41) is 2.57. The Kier molecular flexibility index (Phi) is 4.59. The molecule has 0 saturated heterocycles. The smallest absolute Gasteiger partial charge is 0.408 e. The second kappa shape index (κ2) is 5.05. The summed E-state index contributed by atoms with van der Waals surface area (Å²) in [6, 6.07) is 0. The zero-order valence-corrected chi connectivity index (χ0v) is 10.4. The zero-order valence-electron chi connectivity index (χ0n) is 10.4. The molecule has 0 radical (unpaired) electrons. The van der Waals surface area contributed by atoms with Crippen molar-refractivity contribution in [3.05, 3.63) is 0 Å². The molecule has 0 atom stereocenters. The first-order valence-electron chi connectivity index (χ1n) is 4.95. The Balaban J connectivity index is 4.15. The fourth-order valence-electron chi connectivity index (χ4n) is 0.868. The number of rotatable bonds is 3. The van der Waals surface area contributed by atoms with Gasteiger partial charge in [-0.2, -0.15) is 0 Å². The fourth-order valence-corrected chi connectivity index (χ4v) is 0.868. The van der Waals surface area contributed by atoms with E-state index in [2.05, 4.69) is 10.1 Å². The minimum atomic E-state index is -0.876. The van der Waals surface area contributed by atoms with E-state index in [4.69, 9.17) is 10.5 Å². The van der Waals surface area contributed by atoms with E-state index in [1.54, 1.807) is 34.6 Å². The summed E-state index contributed by atoms with van der Waals surface area (Å²) in [5.74, 6) is 0. The molecule has 6 heteroatoms. The number of hydrogen-bond donors (Lipinski definition) is 2. The summed E-state index contributed by atoms with van der Waals surface area (Å²) in [6.07, 6.45) is -1.44. The van der Waals surface area contributed by atoms with Gasteiger partial charge in [-0.1, -0.05) is 0 Å². The van der Waals surface area contributed by atoms with Crippen molar-refractivity contribution in [2.45, 2.75) is 45.8 Å². The fraction of sp³-hybridized carbons (Fsp3) is 0.800. The molecule has 0 bridgehead atoms. The Morgan fingerprint density at radius 1 is 1.19 bits per heavy atom. The van der Waals surface area contributed by atoms with E-state index in [-0.39, 0.29) is 6.61 Å². The molecule has 0 spiro atoms. The van der Waals surface area contributed by atoms with Gasteiger partial charge in [0, 0.05) is 0 Å². The lowest BCUT2D eigenvalue weighted by atomic mass is 10.1. The molecule has 6 nitrogen and oxygen atoms in total. The van der Waals surface area contributed by atoms with Crippen LogP contribution in [0.25, 0.3) is 0 Å². The second-order valence-electron chi connectivity index (χ2n) is 5.12. The molecule has 0 aliphatic heterocycles. The highest BCUT2D eigenvalue weighted by atomic mass is 16.6. The number of amides is 2. The maximum absolute atomic E-state index is 11.4. The van der Waals surface area contributed by atoms with E-state index < -0.39 is 23.3 Å². The molecule has 0 aromatic rings. The van der Waals surface area contributed by atoms with Crippen LogP contribution in [0, 0.1) is 0 Å². The van der Waals surface area contributed by atoms with Crippen LogP contribution in [0.2, 0.25) is 0 Å². The van der Waals surface area contributed by atoms with Gasteiger partial charge in [-0.3, -0.25) is 0 Å². The van der Waals surface area contributed by atoms with Gasteiger partial charge in [-0.05, 0) is 34.6 Å². The number of nitrogens with two attached hydrogens (primary N) is 1. The maximum atomic E-state index is 11.4. The minimum Gasteiger partial charge on any atom is -0.447 e. The Bertz CT molecular complexity index is 268. The van der Waals surface area contributed by atoms with Crippen molar-refractivity contribution in [2.24, 2.45) is 5.73 Å². The van der Waals surface area contributed by atoms with Gasteiger partial charge in [-0.15, -0.1) is 0 Å². The molecule has 0 aromatic carbocycles. The van der Waals surface area contributed by atoms with Gasteiger partial charge < -0.3 is 20.5 Å². The number of carbonyl (C=O) groups excluding carboxylic acids is 2. The maximum Gasteiger partial charge on any atom is 0.408 e. The van der Waals surface area contributed by atoms with Crippen LogP contribution in [0.3, 0.4) is 0 Å². The highest BCUT2D eigenvalue weighted by Gasteiger charge is 2.25. The first-order chi connectivity index (χ1) is 7.02. The van der Waals surface area contributed by atoms with Crippen molar-refractivity contribution in [1.82, 2.24) is 5.32 Å². The summed E-state index contributed by atoms with van der Waals surface area (Å²) >= 11 is 0. The topological polar surface area (TPSA) is 90.6 Å². The number of nitrogens with one attached hydrogen (secondary N) is 1. The van der Waals surface area contributed by atoms with E-state index >= 15 is 0 Å². The average Bonchev–Trinajstić information content (AvgIpc) is 1.95. The minimum absolute atomic E-state index is 0.0123. The van der Waals surface area contributed by atoms with Crippen LogP contribution in [-0.2, 0) is 9.47 Å². The molecule has 0 aromatic heterocycles. The second-order valence-corrected chi connectivity index (χ2v) is 5.12. The van der Waals surface area contributed by atoms with Crippen molar-refractivity contribution in [3.8, 4) is 0 Å². The Morgan fingerprint density at radius 2 is 1.69 bits per heavy atom. The van der Waals surface area contributed by atoms with E-state index in [0.29, 0.717) is 0 Å². The monoisotopic (exact) mass is 232 g/mol. The predicted molar refractivity (Wildman–Crippen MR) is 59.0 cm³/mol. The van der Waals surface area contributed by atoms with E-state index in [0.717, 1.165) is 0 Å². The van der Waals surface area contributed by atoms with Crippen molar-refractivity contribution >= 4 is 12.2 Å². The van der Waals surface area contributed by atoms with Crippen LogP contribution in [0.1, 0.15) is 34.6 Å². The molecular weight excluding hydrogens is 212 g/mol. The molecule has 0 aliphatic rings. The molecule has 0 aliphatic carbocycles. The standard InChI is InChI=1S/C10H20N2O4/c1-9(2,3)16-8(14)12-10(4,5)6-15-7(11)13/h6H2,1-5H3,(H2,11,13)(H,12,14). The molecule has 3 N–H and O–H groups in total. The molecule has 16 heavy (non-hydrogen) atoms. The van der Waals surface area contributed by atoms with Crippen molar-refractivity contribution in [1.29, 1.82) is 0 Å². The summed E-state index contributed by atoms with van der Waals surface area (Å²) in [4.78, 5) is 21.8. The van der Waals surface area contributed by atoms with Gasteiger partial charge in [0.25, 0.3) is 0 Å². The number of primary amides is 1. The number of hydrogen-bond acceptors (Lipinski definition) is 4. The lowest BCUT2D eigenvalue weighted by molar-refractivity contribution is 0.0415. The third-order valence-electron chi connectivity index (χ3n) is 1.41. The van der Waals surface area contributed by atoms with Gasteiger partial charge in [0.15, 0.2) is 0 Å². The molecule has 94 valence electrons. The highest BCUT2D eigenvalue weighted by molar-refractivity contribution is 5.69. The van der Waals surface area contributed by atoms with Crippen LogP contribution in [-0.4, -0.2) is 29.9 Å². The molecule has 0 unspecified atom stereocenters. The summed E-state index contributed by atoms with van der Waals surface area (Å²) in [7, 11) is 0. The van der Waals surface area contributed by atoms with Crippen LogP contribution in [0.5, 0.6) is 0 Å². The molecule has 0 saturated carbocycles. The molecule has 0 fully saturated rings. The zero-order chi connectivity index (χ0) is 13.0. The number of ether oxygens (including phenoxy) is 2. The Morgan fingerprint density at radius 3 is 2.06 bits per heavy atom. The van der Waals surface area contributed by atoms with Gasteiger partial charge in [-0.25, -0.2) is 9.59 Å². The van der Waals surface area contributed by atoms with E-state index in [9.17, 15) is 9.59 Å². The molecule has 0 rings (SSSR count). The van der Waals surface area contributed by atoms with Crippen LogP contribution >= 0.6 is 0 Å². The van der Waals surface area contributed by atoms with Crippen molar-refractivity contribution in [2.75, 3.05) is 6.61 Å². The van der Waals surface area contributed by atoms with Crippen LogP contribution in [0.15, 0.2) is 0 Å². The van der Waals surface area contributed by atoms with Gasteiger partial charge in [0.2, 0.25) is 0 Å². The molecule has 2 amide bonds. The largest absolute Gasteiger partial charge is 0.447 e. The predicted octanol–water partition coefficient (Wildman–Crippen LogP) is 1.38. The van der Waals surface area contributed by atoms with Gasteiger partial charge in [0.1, 0.15) is 12.2 Å². The van der Waals surface area contributed by atoms with Crippen LogP contribution < -0.4 is 11.1 Å². The summed E-state index contributed by atoms with van der Waals surface area (Å²) < 4.78 is 9.66. The third kappa shape index (κ3) is 7.90. The first-order valence-corrected chi connectivity index (χ1v) is 4.95. The average molecular weight is 232 g/mol. The quantitative estimate of drug-likeness (QED) is 0.769. The lowest BCUT2D eigenvalue weighted by Gasteiger charge is -2.27. The van der Waals surface area contributed by atoms with Gasteiger partial charge in [0.05, 0.1) is 5.54 Å². The summed E-state index contributed by atoms with van der Waals surface area (Å²) in [6.45, 7) is 8.67. The SMILES string of the molecule is CC(C)(COC(N)=O)NC(=O)OC(C)(C)C. The number of alkyl carbamates (subject to hydrolysis) is 1. The lowest BCUT2D eigenvalue weighted by Crippen LogP contribution is -2.49. The first kappa shape index (κ1) is 14.5. The van der Waals surface area contributed by atoms with Crippen LogP contribution in [0.4, 0.5) is 9.59 Å². The number of carbonyl (C=O) groups is 2. The van der Waals surface area contributed by atoms with E-state index in [1.807, 2.05) is 0 Å². The molecule has 0 heterocycles. The third-order valence-corrected chi connectivity index (χ3v) is 1.41. The molecular formula is C10H20N2O4. The van der Waals surface area contributed by atoms with Crippen molar-refractivity contribution < 1.29 is 19.1 Å². The Labute approximate surface area is 95.5 Å². The van der Waals surface area contributed by atoms with Gasteiger partial charge >= 0.3 is 12.2 Å². The summed E-state index contributed by atoms with van der Waals surface area (Å²) in [5.41, 5.74) is 3.54. The Hall–Kier alpha value is -1.46.